The first-order valence-electron chi connectivity index (χ1n) is 20.9. The van der Waals surface area contributed by atoms with Gasteiger partial charge in [0.25, 0.3) is 5.91 Å². The molecule has 12 nitrogen and oxygen atoms in total. The molecule has 5 aliphatic heterocycles. The zero-order chi connectivity index (χ0) is 40.3. The molecule has 2 aromatic carbocycles. The number of carbonyl (C=O) groups is 2. The number of piperidine rings is 1. The molecule has 3 fully saturated rings. The van der Waals surface area contributed by atoms with Crippen LogP contribution in [0.1, 0.15) is 74.6 Å². The van der Waals surface area contributed by atoms with Crippen molar-refractivity contribution in [3.63, 3.8) is 0 Å². The quantitative estimate of drug-likeness (QED) is 0.161. The molecule has 0 radical (unpaired) electrons. The van der Waals surface area contributed by atoms with Crippen molar-refractivity contribution in [2.24, 2.45) is 11.3 Å². The van der Waals surface area contributed by atoms with Gasteiger partial charge in [-0.2, -0.15) is 0 Å². The number of nitrogens with zero attached hydrogens (tertiary/aromatic N) is 3. The average molecular weight is 782 g/mol. The topological polar surface area (TPSA) is 147 Å². The van der Waals surface area contributed by atoms with Crippen LogP contribution in [0.3, 0.4) is 0 Å². The van der Waals surface area contributed by atoms with Gasteiger partial charge < -0.3 is 29.7 Å². The van der Waals surface area contributed by atoms with Crippen molar-refractivity contribution < 1.29 is 34.4 Å². The highest BCUT2D eigenvalue weighted by Gasteiger charge is 2.78. The van der Waals surface area contributed by atoms with E-state index in [0.717, 1.165) is 41.1 Å². The van der Waals surface area contributed by atoms with E-state index in [-0.39, 0.29) is 17.9 Å². The Morgan fingerprint density at radius 3 is 2.53 bits per heavy atom. The Kier molecular flexibility index (Phi) is 9.08. The van der Waals surface area contributed by atoms with Crippen molar-refractivity contribution in [1.82, 2.24) is 20.7 Å². The molecule has 2 aromatic rings. The minimum Gasteiger partial charge on any atom is -0.496 e. The third-order valence-corrected chi connectivity index (χ3v) is 15.8. The molecular weight excluding hydrogens is 723 g/mol. The number of carbonyl (C=O) groups excluding carboxylic acids is 2. The molecular formula is C45H59N5O7. The summed E-state index contributed by atoms with van der Waals surface area (Å²) in [5.74, 6) is -0.571. The molecule has 2 unspecified atom stereocenters. The Balaban J connectivity index is 1.34. The fourth-order valence-corrected chi connectivity index (χ4v) is 13.6. The van der Waals surface area contributed by atoms with Crippen molar-refractivity contribution >= 4 is 23.1 Å². The van der Waals surface area contributed by atoms with Crippen LogP contribution in [0.5, 0.6) is 5.75 Å². The van der Waals surface area contributed by atoms with Gasteiger partial charge in [-0.25, -0.2) is 5.43 Å². The van der Waals surface area contributed by atoms with Crippen LogP contribution in [0.25, 0.3) is 5.57 Å². The summed E-state index contributed by atoms with van der Waals surface area (Å²) in [5, 5.41) is 37.6. The maximum Gasteiger partial charge on any atom is 0.320 e. The number of aliphatic hydroxyl groups is 3. The first kappa shape index (κ1) is 38.7. The molecule has 12 heteroatoms. The summed E-state index contributed by atoms with van der Waals surface area (Å²) in [7, 11) is 6.58. The Morgan fingerprint density at radius 2 is 1.81 bits per heavy atom. The van der Waals surface area contributed by atoms with Crippen LogP contribution in [0, 0.1) is 11.3 Å². The van der Waals surface area contributed by atoms with E-state index in [4.69, 9.17) is 9.47 Å². The van der Waals surface area contributed by atoms with Crippen LogP contribution >= 0.6 is 0 Å². The fraction of sp³-hybridized carbons (Fsp3) is 0.600. The lowest BCUT2D eigenvalue weighted by molar-refractivity contribution is -0.204. The largest absolute Gasteiger partial charge is 0.496 e. The molecule has 2 saturated heterocycles. The summed E-state index contributed by atoms with van der Waals surface area (Å²) >= 11 is 0. The van der Waals surface area contributed by atoms with E-state index in [9.17, 15) is 20.1 Å². The van der Waals surface area contributed by atoms with Crippen LogP contribution < -0.4 is 20.5 Å². The van der Waals surface area contributed by atoms with E-state index in [2.05, 4.69) is 57.1 Å². The molecule has 10 atom stereocenters. The van der Waals surface area contributed by atoms with E-state index in [1.165, 1.54) is 12.7 Å². The highest BCUT2D eigenvalue weighted by Crippen LogP contribution is 2.68. The van der Waals surface area contributed by atoms with Crippen molar-refractivity contribution in [2.45, 2.75) is 99.0 Å². The monoisotopic (exact) mass is 781 g/mol. The molecule has 1 saturated carbocycles. The van der Waals surface area contributed by atoms with Crippen LogP contribution in [0.15, 0.2) is 54.1 Å². The predicted octanol–water partition coefficient (Wildman–Crippen LogP) is 2.83. The van der Waals surface area contributed by atoms with Gasteiger partial charge in [0.2, 0.25) is 0 Å². The molecule has 1 amide bonds. The Labute approximate surface area is 335 Å². The molecule has 7 aliphatic rings. The first-order chi connectivity index (χ1) is 27.3. The highest BCUT2D eigenvalue weighted by atomic mass is 16.5. The van der Waals surface area contributed by atoms with Gasteiger partial charge in [0, 0.05) is 74.5 Å². The summed E-state index contributed by atoms with van der Waals surface area (Å²) in [4.78, 5) is 36.4. The highest BCUT2D eigenvalue weighted by molar-refractivity contribution is 5.95. The number of rotatable bonds is 7. The third-order valence-electron chi connectivity index (χ3n) is 15.8. The average Bonchev–Trinajstić information content (AvgIpc) is 3.88. The zero-order valence-electron chi connectivity index (χ0n) is 34.2. The number of esters is 1. The first-order valence-corrected chi connectivity index (χ1v) is 20.9. The van der Waals surface area contributed by atoms with E-state index in [0.29, 0.717) is 75.9 Å². The summed E-state index contributed by atoms with van der Waals surface area (Å²) < 4.78 is 12.4. The van der Waals surface area contributed by atoms with Gasteiger partial charge in [-0.05, 0) is 91.3 Å². The molecule has 306 valence electrons. The van der Waals surface area contributed by atoms with Crippen molar-refractivity contribution in [2.75, 3.05) is 65.9 Å². The molecule has 2 aliphatic carbocycles. The number of ether oxygens (including phenoxy) is 2. The van der Waals surface area contributed by atoms with Crippen LogP contribution in [0.4, 0.5) is 5.69 Å². The Hall–Kier alpha value is -3.78. The maximum absolute atomic E-state index is 15.3. The number of amides is 1. The van der Waals surface area contributed by atoms with Gasteiger partial charge in [0.15, 0.2) is 5.60 Å². The second kappa shape index (κ2) is 13.4. The summed E-state index contributed by atoms with van der Waals surface area (Å²) in [6.45, 7) is 7.57. The molecule has 0 aromatic heterocycles. The van der Waals surface area contributed by atoms with Crippen LogP contribution in [-0.2, 0) is 31.6 Å². The van der Waals surface area contributed by atoms with E-state index >= 15 is 4.79 Å². The van der Waals surface area contributed by atoms with Crippen LogP contribution in [0.2, 0.25) is 0 Å². The zero-order valence-corrected chi connectivity index (χ0v) is 34.2. The lowest BCUT2D eigenvalue weighted by Gasteiger charge is -2.63. The molecule has 5 N–H and O–H groups in total. The number of methoxy groups -OCH3 is 2. The predicted molar refractivity (Wildman–Crippen MR) is 217 cm³/mol. The Morgan fingerprint density at radius 1 is 1.02 bits per heavy atom. The number of aliphatic hydroxyl groups excluding tert-OH is 1. The van der Waals surface area contributed by atoms with Gasteiger partial charge in [-0.1, -0.05) is 50.3 Å². The number of hydrogen-bond acceptors (Lipinski definition) is 11. The van der Waals surface area contributed by atoms with Gasteiger partial charge in [0.05, 0.1) is 25.9 Å². The number of anilines is 1. The van der Waals surface area contributed by atoms with Crippen molar-refractivity contribution in [3.05, 3.63) is 76.4 Å². The summed E-state index contributed by atoms with van der Waals surface area (Å²) in [6, 6.07) is 11.5. The number of benzene rings is 2. The molecule has 9 rings (SSSR count). The number of hydrogen-bond donors (Lipinski definition) is 5. The van der Waals surface area contributed by atoms with E-state index in [1.54, 1.807) is 14.2 Å². The normalized spacial score (nSPS) is 38.9. The van der Waals surface area contributed by atoms with Crippen molar-refractivity contribution in [1.29, 1.82) is 0 Å². The number of nitrogens with one attached hydrogen (secondary N) is 2. The van der Waals surface area contributed by atoms with Gasteiger partial charge in [-0.15, -0.1) is 0 Å². The number of hydrazine groups is 1. The maximum atomic E-state index is 15.3. The molecule has 5 heterocycles. The lowest BCUT2D eigenvalue weighted by Crippen LogP contribution is -2.82. The smallest absolute Gasteiger partial charge is 0.320 e. The molecule has 2 bridgehead atoms. The van der Waals surface area contributed by atoms with E-state index in [1.807, 2.05) is 37.9 Å². The van der Waals surface area contributed by atoms with E-state index < -0.39 is 45.5 Å². The lowest BCUT2D eigenvalue weighted by atomic mass is 9.47. The number of likely N-dealkylation sites (N-methyl/N-ethyl adjacent to an activating group) is 1. The van der Waals surface area contributed by atoms with Gasteiger partial charge >= 0.3 is 5.97 Å². The summed E-state index contributed by atoms with van der Waals surface area (Å²) in [5.41, 5.74) is 6.11. The second-order valence-corrected chi connectivity index (χ2v) is 18.1. The minimum atomic E-state index is -2.23. The third kappa shape index (κ3) is 4.94. The Bertz CT molecular complexity index is 2070. The number of fused-ring (bicyclic) bond motifs is 5. The van der Waals surface area contributed by atoms with Crippen molar-refractivity contribution in [3.8, 4) is 5.75 Å². The van der Waals surface area contributed by atoms with Gasteiger partial charge in [-0.3, -0.25) is 24.8 Å². The SMILES string of the molecule is CC[C@]1(O)CC2CN(CCC3=C(Cc4ccccc43)[C@@](C(=O)OC)(c3cc4c(cc3OC)N(C)[C@H]3[C@@](O)(C(=O)NNC)[C@H](O)[C@]5(CC)C=CCN6CC[C@]43[C@@H]65)C2)C1. The summed E-state index contributed by atoms with van der Waals surface area (Å²) in [6.07, 6.45) is 6.70. The fourth-order valence-electron chi connectivity index (χ4n) is 13.6. The second-order valence-electron chi connectivity index (χ2n) is 18.1. The minimum absolute atomic E-state index is 0.0386. The van der Waals surface area contributed by atoms with Crippen LogP contribution in [-0.4, -0.2) is 127 Å². The van der Waals surface area contributed by atoms with Gasteiger partial charge in [0.1, 0.15) is 17.3 Å². The standard InChI is InChI=1S/C45H59N5O7/c1-7-41(54)23-27-24-44(40(53)57-6,31-20-28-12-9-10-13-29(28)30(31)14-18-49(25-27)26-41)33-21-32-34(22-35(33)56-5)48(4)37-43(32)16-19-50-17-11-15-42(8-2,36(43)50)38(51)45(37,55)39(52)47-46-3/h9-13,15,21-22,27,36-38,46,51,54-55H,7-8,14,16-20,23-26H2,1-6H3,(H,47,52)/t27?,36-,37+,38+,41-,42+,43+,44+,45-/m0/s1. The molecule has 1 spiro atoms. The molecule has 57 heavy (non-hydrogen) atoms.